The Balaban J connectivity index is 1.92. The lowest BCUT2D eigenvalue weighted by Gasteiger charge is -2.39. The van der Waals surface area contributed by atoms with E-state index in [1.165, 1.54) is 12.8 Å². The molecule has 1 heterocycles. The maximum absolute atomic E-state index is 12.5. The highest BCUT2D eigenvalue weighted by atomic mass is 16.3. The molecule has 1 saturated carbocycles. The summed E-state index contributed by atoms with van der Waals surface area (Å²) in [7, 11) is 0. The van der Waals surface area contributed by atoms with E-state index in [-0.39, 0.29) is 18.2 Å². The zero-order valence-electron chi connectivity index (χ0n) is 13.2. The molecule has 0 aromatic rings. The quantitative estimate of drug-likeness (QED) is 0.836. The second-order valence-corrected chi connectivity index (χ2v) is 7.38. The molecule has 0 bridgehead atoms. The van der Waals surface area contributed by atoms with Gasteiger partial charge in [-0.1, -0.05) is 20.8 Å². The number of nitrogens with one attached hydrogen (secondary N) is 1. The standard InChI is InChI=1S/C16H30N2O2/c1-4-16(12-19)8-5-11-18(16)14(20)17-13-6-9-15(2,3)10-7-13/h13,19H,4-12H2,1-3H3,(H,17,20). The molecule has 1 saturated heterocycles. The van der Waals surface area contributed by atoms with Crippen molar-refractivity contribution in [3.05, 3.63) is 0 Å². The summed E-state index contributed by atoms with van der Waals surface area (Å²) in [4.78, 5) is 14.4. The van der Waals surface area contributed by atoms with Gasteiger partial charge >= 0.3 is 6.03 Å². The second kappa shape index (κ2) is 5.92. The predicted molar refractivity (Wildman–Crippen MR) is 80.6 cm³/mol. The molecule has 4 heteroatoms. The van der Waals surface area contributed by atoms with Gasteiger partial charge in [-0.2, -0.15) is 0 Å². The smallest absolute Gasteiger partial charge is 0.318 e. The van der Waals surface area contributed by atoms with Crippen molar-refractivity contribution in [2.75, 3.05) is 13.2 Å². The molecule has 2 amide bonds. The fourth-order valence-electron chi connectivity index (χ4n) is 3.70. The molecule has 0 spiro atoms. The molecule has 1 atom stereocenters. The number of amides is 2. The van der Waals surface area contributed by atoms with Crippen molar-refractivity contribution in [2.45, 2.75) is 77.3 Å². The molecule has 1 unspecified atom stereocenters. The molecule has 116 valence electrons. The van der Waals surface area contributed by atoms with Crippen LogP contribution in [0.5, 0.6) is 0 Å². The van der Waals surface area contributed by atoms with Gasteiger partial charge in [-0.3, -0.25) is 0 Å². The summed E-state index contributed by atoms with van der Waals surface area (Å²) in [6.45, 7) is 7.52. The van der Waals surface area contributed by atoms with Crippen LogP contribution in [0.25, 0.3) is 0 Å². The number of hydrogen-bond acceptors (Lipinski definition) is 2. The number of nitrogens with zero attached hydrogens (tertiary/aromatic N) is 1. The SMILES string of the molecule is CCC1(CO)CCCN1C(=O)NC1CCC(C)(C)CC1. The van der Waals surface area contributed by atoms with Gasteiger partial charge in [0, 0.05) is 12.6 Å². The van der Waals surface area contributed by atoms with E-state index in [1.807, 2.05) is 4.90 Å². The number of carbonyl (C=O) groups excluding carboxylic acids is 1. The lowest BCUT2D eigenvalue weighted by Crippen LogP contribution is -2.55. The van der Waals surface area contributed by atoms with Gasteiger partial charge in [-0.15, -0.1) is 0 Å². The zero-order chi connectivity index (χ0) is 14.8. The Morgan fingerprint density at radius 2 is 1.95 bits per heavy atom. The third-order valence-electron chi connectivity index (χ3n) is 5.46. The van der Waals surface area contributed by atoms with Crippen molar-refractivity contribution in [2.24, 2.45) is 5.41 Å². The van der Waals surface area contributed by atoms with E-state index >= 15 is 0 Å². The van der Waals surface area contributed by atoms with Crippen LogP contribution in [-0.4, -0.2) is 40.8 Å². The lowest BCUT2D eigenvalue weighted by molar-refractivity contribution is 0.0776. The van der Waals surface area contributed by atoms with Crippen LogP contribution in [0.3, 0.4) is 0 Å². The van der Waals surface area contributed by atoms with Crippen LogP contribution in [0, 0.1) is 5.41 Å². The molecule has 2 N–H and O–H groups in total. The van der Waals surface area contributed by atoms with Gasteiger partial charge in [0.1, 0.15) is 0 Å². The van der Waals surface area contributed by atoms with Crippen LogP contribution in [0.2, 0.25) is 0 Å². The number of carbonyl (C=O) groups is 1. The van der Waals surface area contributed by atoms with Gasteiger partial charge in [0.25, 0.3) is 0 Å². The summed E-state index contributed by atoms with van der Waals surface area (Å²) >= 11 is 0. The average Bonchev–Trinajstić information content (AvgIpc) is 2.85. The molecule has 0 radical (unpaired) electrons. The van der Waals surface area contributed by atoms with Gasteiger partial charge in [-0.25, -0.2) is 4.79 Å². The van der Waals surface area contributed by atoms with Gasteiger partial charge in [0.05, 0.1) is 12.1 Å². The van der Waals surface area contributed by atoms with Crippen molar-refractivity contribution in [3.8, 4) is 0 Å². The molecule has 20 heavy (non-hydrogen) atoms. The summed E-state index contributed by atoms with van der Waals surface area (Å²) in [5.41, 5.74) is 0.102. The summed E-state index contributed by atoms with van der Waals surface area (Å²) in [6, 6.07) is 0.340. The molecule has 4 nitrogen and oxygen atoms in total. The summed E-state index contributed by atoms with van der Waals surface area (Å²) < 4.78 is 0. The Labute approximate surface area is 122 Å². The largest absolute Gasteiger partial charge is 0.394 e. The normalized spacial score (nSPS) is 30.5. The van der Waals surface area contributed by atoms with Crippen molar-refractivity contribution in [3.63, 3.8) is 0 Å². The van der Waals surface area contributed by atoms with Crippen LogP contribution in [0.4, 0.5) is 4.79 Å². The minimum atomic E-state index is -0.321. The van der Waals surface area contributed by atoms with E-state index in [9.17, 15) is 9.90 Å². The van der Waals surface area contributed by atoms with E-state index < -0.39 is 0 Å². The number of aliphatic hydroxyl groups is 1. The average molecular weight is 282 g/mol. The number of urea groups is 1. The first kappa shape index (κ1) is 15.6. The maximum Gasteiger partial charge on any atom is 0.318 e. The fourth-order valence-corrected chi connectivity index (χ4v) is 3.70. The highest BCUT2D eigenvalue weighted by Crippen LogP contribution is 2.36. The number of likely N-dealkylation sites (tertiary alicyclic amines) is 1. The van der Waals surface area contributed by atoms with Crippen molar-refractivity contribution in [1.29, 1.82) is 0 Å². The first-order chi connectivity index (χ1) is 9.42. The molecule has 2 fully saturated rings. The first-order valence-corrected chi connectivity index (χ1v) is 8.11. The van der Waals surface area contributed by atoms with E-state index in [4.69, 9.17) is 0 Å². The van der Waals surface area contributed by atoms with Crippen molar-refractivity contribution in [1.82, 2.24) is 10.2 Å². The van der Waals surface area contributed by atoms with Crippen LogP contribution in [0.15, 0.2) is 0 Å². The maximum atomic E-state index is 12.5. The molecular weight excluding hydrogens is 252 g/mol. The Kier molecular flexibility index (Phi) is 4.62. The molecule has 1 aliphatic heterocycles. The van der Waals surface area contributed by atoms with Crippen LogP contribution < -0.4 is 5.32 Å². The first-order valence-electron chi connectivity index (χ1n) is 8.11. The Hall–Kier alpha value is -0.770. The molecule has 0 aromatic heterocycles. The third kappa shape index (κ3) is 3.11. The van der Waals surface area contributed by atoms with E-state index in [0.717, 1.165) is 38.6 Å². The zero-order valence-corrected chi connectivity index (χ0v) is 13.2. The number of rotatable bonds is 3. The summed E-state index contributed by atoms with van der Waals surface area (Å²) in [5, 5.41) is 12.9. The number of hydrogen-bond donors (Lipinski definition) is 2. The minimum Gasteiger partial charge on any atom is -0.394 e. The van der Waals surface area contributed by atoms with Crippen molar-refractivity contribution >= 4 is 6.03 Å². The third-order valence-corrected chi connectivity index (χ3v) is 5.46. The van der Waals surface area contributed by atoms with E-state index in [2.05, 4.69) is 26.1 Å². The number of aliphatic hydroxyl groups excluding tert-OH is 1. The molecule has 1 aliphatic carbocycles. The van der Waals surface area contributed by atoms with Crippen LogP contribution >= 0.6 is 0 Å². The van der Waals surface area contributed by atoms with E-state index in [1.54, 1.807) is 0 Å². The minimum absolute atomic E-state index is 0.0307. The second-order valence-electron chi connectivity index (χ2n) is 7.38. The van der Waals surface area contributed by atoms with Gasteiger partial charge in [0.2, 0.25) is 0 Å². The molecular formula is C16H30N2O2. The molecule has 0 aromatic carbocycles. The Morgan fingerprint density at radius 3 is 2.50 bits per heavy atom. The topological polar surface area (TPSA) is 52.6 Å². The molecule has 2 aliphatic rings. The Bertz CT molecular complexity index is 340. The molecule has 2 rings (SSSR count). The highest BCUT2D eigenvalue weighted by Gasteiger charge is 2.42. The monoisotopic (exact) mass is 282 g/mol. The predicted octanol–water partition coefficient (Wildman–Crippen LogP) is 2.90. The van der Waals surface area contributed by atoms with Gasteiger partial charge < -0.3 is 15.3 Å². The van der Waals surface area contributed by atoms with Crippen LogP contribution in [0.1, 0.15) is 65.7 Å². The van der Waals surface area contributed by atoms with Crippen LogP contribution in [-0.2, 0) is 0 Å². The lowest BCUT2D eigenvalue weighted by atomic mass is 9.75. The van der Waals surface area contributed by atoms with Crippen molar-refractivity contribution < 1.29 is 9.90 Å². The summed E-state index contributed by atoms with van der Waals surface area (Å²) in [6.07, 6.45) is 7.25. The van der Waals surface area contributed by atoms with Gasteiger partial charge in [-0.05, 0) is 50.4 Å². The van der Waals surface area contributed by atoms with E-state index in [0.29, 0.717) is 11.5 Å². The summed E-state index contributed by atoms with van der Waals surface area (Å²) in [5.74, 6) is 0. The van der Waals surface area contributed by atoms with Gasteiger partial charge in [0.15, 0.2) is 0 Å². The fraction of sp³-hybridized carbons (Fsp3) is 0.938. The Morgan fingerprint density at radius 1 is 1.30 bits per heavy atom. The highest BCUT2D eigenvalue weighted by molar-refractivity contribution is 5.76.